The highest BCUT2D eigenvalue weighted by Gasteiger charge is 2.10. The molecule has 1 rings (SSSR count). The third-order valence-corrected chi connectivity index (χ3v) is 2.70. The molecule has 22 heavy (non-hydrogen) atoms. The van der Waals surface area contributed by atoms with Gasteiger partial charge in [0.15, 0.2) is 6.61 Å². The van der Waals surface area contributed by atoms with Crippen LogP contribution in [0.1, 0.15) is 17.3 Å². The average Bonchev–Trinajstić information content (AvgIpc) is 2.49. The smallest absolute Gasteiger partial charge is 0.257 e. The molecule has 0 saturated heterocycles. The molecule has 0 fully saturated rings. The first-order chi connectivity index (χ1) is 10.4. The van der Waals surface area contributed by atoms with Crippen LogP contribution in [0.15, 0.2) is 18.2 Å². The fraction of sp³-hybridized carbons (Fsp3) is 0.357. The third kappa shape index (κ3) is 5.70. The zero-order valence-corrected chi connectivity index (χ0v) is 12.6. The molecule has 8 nitrogen and oxygen atoms in total. The number of carbonyl (C=O) groups is 3. The van der Waals surface area contributed by atoms with Crippen LogP contribution in [0, 0.1) is 0 Å². The predicted molar refractivity (Wildman–Crippen MR) is 81.4 cm³/mol. The minimum atomic E-state index is -0.324. The number of likely N-dealkylation sites (N-methyl/N-ethyl adjacent to an activating group) is 1. The normalized spacial score (nSPS) is 9.73. The van der Waals surface area contributed by atoms with Crippen LogP contribution in [0.2, 0.25) is 0 Å². The third-order valence-electron chi connectivity index (χ3n) is 2.70. The molecule has 0 heterocycles. The van der Waals surface area contributed by atoms with Gasteiger partial charge < -0.3 is 26.4 Å². The van der Waals surface area contributed by atoms with Crippen molar-refractivity contribution in [1.29, 1.82) is 0 Å². The number of benzene rings is 1. The summed E-state index contributed by atoms with van der Waals surface area (Å²) in [4.78, 5) is 33.8. The monoisotopic (exact) mass is 308 g/mol. The van der Waals surface area contributed by atoms with E-state index < -0.39 is 0 Å². The molecule has 0 saturated carbocycles. The summed E-state index contributed by atoms with van der Waals surface area (Å²) >= 11 is 0. The van der Waals surface area contributed by atoms with Crippen molar-refractivity contribution in [3.8, 4) is 5.75 Å². The molecular weight excluding hydrogens is 288 g/mol. The van der Waals surface area contributed by atoms with Gasteiger partial charge in [-0.3, -0.25) is 14.4 Å². The molecule has 0 aliphatic carbocycles. The highest BCUT2D eigenvalue weighted by atomic mass is 16.5. The Hall–Kier alpha value is -2.77. The Morgan fingerprint density at radius 2 is 1.86 bits per heavy atom. The van der Waals surface area contributed by atoms with E-state index in [0.29, 0.717) is 24.3 Å². The summed E-state index contributed by atoms with van der Waals surface area (Å²) < 4.78 is 5.26. The number of carbonyl (C=O) groups excluding carboxylic acids is 3. The van der Waals surface area contributed by atoms with Gasteiger partial charge >= 0.3 is 0 Å². The van der Waals surface area contributed by atoms with Crippen LogP contribution >= 0.6 is 0 Å². The second-order valence-corrected chi connectivity index (χ2v) is 4.45. The summed E-state index contributed by atoms with van der Waals surface area (Å²) in [6.45, 7) is 1.86. The molecule has 8 heteroatoms. The van der Waals surface area contributed by atoms with Gasteiger partial charge in [0.05, 0.1) is 5.69 Å². The molecule has 3 amide bonds. The Balaban J connectivity index is 2.61. The molecule has 0 aromatic heterocycles. The van der Waals surface area contributed by atoms with Crippen molar-refractivity contribution in [1.82, 2.24) is 16.0 Å². The number of hydrogen-bond acceptors (Lipinski definition) is 5. The van der Waals surface area contributed by atoms with Crippen molar-refractivity contribution < 1.29 is 19.1 Å². The quantitative estimate of drug-likeness (QED) is 0.390. The number of nitrogen functional groups attached to an aromatic ring is 1. The molecule has 0 aliphatic rings. The average molecular weight is 308 g/mol. The van der Waals surface area contributed by atoms with E-state index in [-0.39, 0.29) is 30.1 Å². The van der Waals surface area contributed by atoms with Crippen molar-refractivity contribution >= 4 is 23.4 Å². The van der Waals surface area contributed by atoms with E-state index in [2.05, 4.69) is 16.0 Å². The molecule has 0 bridgehead atoms. The summed E-state index contributed by atoms with van der Waals surface area (Å²) in [7, 11) is 1.49. The maximum absolute atomic E-state index is 11.9. The molecule has 1 aromatic carbocycles. The summed E-state index contributed by atoms with van der Waals surface area (Å²) in [5.41, 5.74) is 6.42. The van der Waals surface area contributed by atoms with Crippen LogP contribution in [0.25, 0.3) is 0 Å². The van der Waals surface area contributed by atoms with Crippen molar-refractivity contribution in [2.75, 3.05) is 32.5 Å². The molecule has 0 aliphatic heterocycles. The molecule has 0 radical (unpaired) electrons. The lowest BCUT2D eigenvalue weighted by atomic mass is 10.2. The summed E-state index contributed by atoms with van der Waals surface area (Å²) in [5, 5.41) is 7.63. The lowest BCUT2D eigenvalue weighted by molar-refractivity contribution is -0.122. The largest absolute Gasteiger partial charge is 0.482 e. The van der Waals surface area contributed by atoms with E-state index >= 15 is 0 Å². The Morgan fingerprint density at radius 1 is 1.18 bits per heavy atom. The Kier molecular flexibility index (Phi) is 6.68. The van der Waals surface area contributed by atoms with Crippen LogP contribution in [0.5, 0.6) is 5.75 Å². The molecule has 0 unspecified atom stereocenters. The van der Waals surface area contributed by atoms with Gasteiger partial charge in [0.2, 0.25) is 5.91 Å². The summed E-state index contributed by atoms with van der Waals surface area (Å²) in [6, 6.07) is 4.55. The van der Waals surface area contributed by atoms with Crippen LogP contribution in [-0.2, 0) is 9.59 Å². The number of nitrogens with two attached hydrogens (primary N) is 1. The van der Waals surface area contributed by atoms with Gasteiger partial charge in [-0.2, -0.15) is 0 Å². The van der Waals surface area contributed by atoms with Crippen molar-refractivity contribution in [2.45, 2.75) is 6.92 Å². The van der Waals surface area contributed by atoms with Gasteiger partial charge in [-0.15, -0.1) is 0 Å². The van der Waals surface area contributed by atoms with Crippen LogP contribution < -0.4 is 26.4 Å². The van der Waals surface area contributed by atoms with E-state index in [1.54, 1.807) is 6.07 Å². The number of nitrogens with one attached hydrogen (secondary N) is 3. The first-order valence-electron chi connectivity index (χ1n) is 6.69. The standard InChI is InChI=1S/C14H20N4O4/c1-9(19)17-5-6-18-14(21)10-3-4-11(15)12(7-10)22-8-13(20)16-2/h3-4,7H,5-6,8,15H2,1-2H3,(H,16,20)(H,17,19)(H,18,21). The fourth-order valence-electron chi connectivity index (χ4n) is 1.53. The van der Waals surface area contributed by atoms with E-state index in [0.717, 1.165) is 0 Å². The van der Waals surface area contributed by atoms with Gasteiger partial charge in [-0.05, 0) is 18.2 Å². The van der Waals surface area contributed by atoms with Crippen LogP contribution in [0.3, 0.4) is 0 Å². The second-order valence-electron chi connectivity index (χ2n) is 4.45. The van der Waals surface area contributed by atoms with E-state index in [4.69, 9.17) is 10.5 Å². The second kappa shape index (κ2) is 8.50. The maximum atomic E-state index is 11.9. The van der Waals surface area contributed by atoms with Gasteiger partial charge in [-0.25, -0.2) is 0 Å². The summed E-state index contributed by atoms with van der Waals surface area (Å²) in [5.74, 6) is -0.524. The SMILES string of the molecule is CNC(=O)COc1cc(C(=O)NCCNC(C)=O)ccc1N. The zero-order chi connectivity index (χ0) is 16.5. The number of amides is 3. The van der Waals surface area contributed by atoms with E-state index in [1.807, 2.05) is 0 Å². The van der Waals surface area contributed by atoms with Crippen LogP contribution in [-0.4, -0.2) is 44.5 Å². The van der Waals surface area contributed by atoms with Gasteiger partial charge in [0, 0.05) is 32.6 Å². The van der Waals surface area contributed by atoms with Crippen LogP contribution in [0.4, 0.5) is 5.69 Å². The van der Waals surface area contributed by atoms with Gasteiger partial charge in [-0.1, -0.05) is 0 Å². The number of rotatable bonds is 7. The molecule has 0 atom stereocenters. The van der Waals surface area contributed by atoms with Crippen molar-refractivity contribution in [3.63, 3.8) is 0 Å². The lowest BCUT2D eigenvalue weighted by Crippen LogP contribution is -2.33. The molecule has 120 valence electrons. The summed E-state index contributed by atoms with van der Waals surface area (Å²) in [6.07, 6.45) is 0. The highest BCUT2D eigenvalue weighted by molar-refractivity contribution is 5.95. The van der Waals surface area contributed by atoms with E-state index in [1.165, 1.54) is 26.1 Å². The minimum absolute atomic E-state index is 0.161. The Morgan fingerprint density at radius 3 is 2.50 bits per heavy atom. The Bertz CT molecular complexity index is 560. The number of hydrogen-bond donors (Lipinski definition) is 4. The molecular formula is C14H20N4O4. The highest BCUT2D eigenvalue weighted by Crippen LogP contribution is 2.22. The minimum Gasteiger partial charge on any atom is -0.482 e. The molecule has 1 aromatic rings. The van der Waals surface area contributed by atoms with Crippen molar-refractivity contribution in [3.05, 3.63) is 23.8 Å². The predicted octanol–water partition coefficient (Wildman–Crippen LogP) is -0.740. The van der Waals surface area contributed by atoms with Gasteiger partial charge in [0.25, 0.3) is 11.8 Å². The zero-order valence-electron chi connectivity index (χ0n) is 12.6. The number of anilines is 1. The van der Waals surface area contributed by atoms with Gasteiger partial charge in [0.1, 0.15) is 5.75 Å². The first-order valence-corrected chi connectivity index (χ1v) is 6.69. The van der Waals surface area contributed by atoms with E-state index in [9.17, 15) is 14.4 Å². The Labute approximate surface area is 128 Å². The fourth-order valence-corrected chi connectivity index (χ4v) is 1.53. The lowest BCUT2D eigenvalue weighted by Gasteiger charge is -2.10. The molecule has 0 spiro atoms. The first kappa shape index (κ1) is 17.3. The maximum Gasteiger partial charge on any atom is 0.257 e. The topological polar surface area (TPSA) is 123 Å². The molecule has 5 N–H and O–H groups in total. The number of ether oxygens (including phenoxy) is 1. The van der Waals surface area contributed by atoms with Crippen molar-refractivity contribution in [2.24, 2.45) is 0 Å².